The van der Waals surface area contributed by atoms with Crippen LogP contribution in [-0.2, 0) is 0 Å². The molecule has 2 aromatic carbocycles. The molecule has 0 atom stereocenters. The number of anilines is 3. The number of para-hydroxylation sites is 2. The number of aromatic nitrogens is 2. The second-order valence-electron chi connectivity index (χ2n) is 7.78. The first-order valence-corrected chi connectivity index (χ1v) is 10.2. The van der Waals surface area contributed by atoms with Crippen LogP contribution in [0.5, 0.6) is 0 Å². The van der Waals surface area contributed by atoms with Gasteiger partial charge in [-0.2, -0.15) is 0 Å². The molecule has 1 fully saturated rings. The second-order valence-corrected chi connectivity index (χ2v) is 7.78. The summed E-state index contributed by atoms with van der Waals surface area (Å²) < 4.78 is 1.83. The number of urea groups is 1. The van der Waals surface area contributed by atoms with Crippen LogP contribution in [0.25, 0.3) is 10.9 Å². The van der Waals surface area contributed by atoms with Crippen molar-refractivity contribution >= 4 is 34.0 Å². The smallest absolute Gasteiger partial charge is 0.323 e. The Bertz CT molecular complexity index is 1080. The van der Waals surface area contributed by atoms with Gasteiger partial charge >= 0.3 is 6.03 Å². The topological polar surface area (TPSA) is 82.2 Å². The molecule has 2 amide bonds. The van der Waals surface area contributed by atoms with E-state index < -0.39 is 0 Å². The molecule has 0 spiro atoms. The average molecular weight is 393 g/mol. The van der Waals surface area contributed by atoms with Gasteiger partial charge in [0.1, 0.15) is 0 Å². The Hall–Kier alpha value is -3.22. The first kappa shape index (κ1) is 19.1. The zero-order valence-electron chi connectivity index (χ0n) is 16.9. The predicted octanol–water partition coefficient (Wildman–Crippen LogP) is 4.54. The number of carbonyl (C=O) groups excluding carboxylic acids is 1. The van der Waals surface area contributed by atoms with Crippen molar-refractivity contribution in [2.45, 2.75) is 39.2 Å². The minimum absolute atomic E-state index is 0.147. The number of hydrogen-bond acceptors (Lipinski definition) is 3. The van der Waals surface area contributed by atoms with Gasteiger partial charge in [-0.05, 0) is 63.4 Å². The largest absolute Gasteiger partial charge is 0.370 e. The van der Waals surface area contributed by atoms with Crippen molar-refractivity contribution in [1.29, 1.82) is 0 Å². The van der Waals surface area contributed by atoms with Crippen LogP contribution in [0.2, 0.25) is 0 Å². The SMILES string of the molecule is CC(C)n1[nH]c(=O)c2cc(NC(=O)Nc3ccccc3N3CCCCC3)ccc21. The first-order valence-electron chi connectivity index (χ1n) is 10.2. The van der Waals surface area contributed by atoms with E-state index in [0.717, 1.165) is 30.0 Å². The highest BCUT2D eigenvalue weighted by atomic mass is 16.2. The lowest BCUT2D eigenvalue weighted by atomic mass is 10.1. The van der Waals surface area contributed by atoms with Crippen LogP contribution in [0.3, 0.4) is 0 Å². The van der Waals surface area contributed by atoms with Crippen molar-refractivity contribution in [3.8, 4) is 0 Å². The van der Waals surface area contributed by atoms with Crippen LogP contribution in [-0.4, -0.2) is 28.9 Å². The molecule has 0 saturated carbocycles. The summed E-state index contributed by atoms with van der Waals surface area (Å²) in [6.07, 6.45) is 3.60. The number of amides is 2. The fourth-order valence-electron chi connectivity index (χ4n) is 3.92. The van der Waals surface area contributed by atoms with Crippen LogP contribution in [0, 0.1) is 0 Å². The average Bonchev–Trinajstić information content (AvgIpc) is 3.05. The summed E-state index contributed by atoms with van der Waals surface area (Å²) in [7, 11) is 0. The third kappa shape index (κ3) is 3.99. The van der Waals surface area contributed by atoms with Gasteiger partial charge in [0, 0.05) is 24.8 Å². The molecule has 7 nitrogen and oxygen atoms in total. The number of nitrogens with one attached hydrogen (secondary N) is 3. The minimum atomic E-state index is -0.325. The lowest BCUT2D eigenvalue weighted by Crippen LogP contribution is -2.30. The first-order chi connectivity index (χ1) is 14.0. The van der Waals surface area contributed by atoms with Gasteiger partial charge in [-0.15, -0.1) is 0 Å². The lowest BCUT2D eigenvalue weighted by Gasteiger charge is -2.30. The van der Waals surface area contributed by atoms with Gasteiger partial charge < -0.3 is 15.5 Å². The van der Waals surface area contributed by atoms with Gasteiger partial charge in [-0.3, -0.25) is 14.6 Å². The molecule has 3 N–H and O–H groups in total. The third-order valence-corrected chi connectivity index (χ3v) is 5.35. The maximum Gasteiger partial charge on any atom is 0.323 e. The summed E-state index contributed by atoms with van der Waals surface area (Å²) in [6, 6.07) is 13.1. The van der Waals surface area contributed by atoms with Crippen molar-refractivity contribution in [3.63, 3.8) is 0 Å². The van der Waals surface area contributed by atoms with E-state index in [0.29, 0.717) is 11.1 Å². The lowest BCUT2D eigenvalue weighted by molar-refractivity contribution is 0.262. The molecule has 1 aromatic heterocycles. The molecule has 2 heterocycles. The zero-order valence-corrected chi connectivity index (χ0v) is 16.9. The summed E-state index contributed by atoms with van der Waals surface area (Å²) in [5, 5.41) is 9.21. The monoisotopic (exact) mass is 393 g/mol. The second kappa shape index (κ2) is 8.03. The van der Waals surface area contributed by atoms with Gasteiger partial charge in [0.25, 0.3) is 5.56 Å². The Balaban J connectivity index is 1.52. The van der Waals surface area contributed by atoms with E-state index in [-0.39, 0.29) is 17.6 Å². The van der Waals surface area contributed by atoms with E-state index in [2.05, 4.69) is 20.6 Å². The summed E-state index contributed by atoms with van der Waals surface area (Å²) >= 11 is 0. The van der Waals surface area contributed by atoms with Crippen molar-refractivity contribution in [3.05, 3.63) is 52.8 Å². The summed E-state index contributed by atoms with van der Waals surface area (Å²) in [5.41, 5.74) is 3.08. The molecular formula is C22H27N5O2. The van der Waals surface area contributed by atoms with Crippen LogP contribution in [0.1, 0.15) is 39.2 Å². The molecule has 0 bridgehead atoms. The van der Waals surface area contributed by atoms with Crippen molar-refractivity contribution in [1.82, 2.24) is 9.78 Å². The highest BCUT2D eigenvalue weighted by Gasteiger charge is 2.16. The van der Waals surface area contributed by atoms with Crippen LogP contribution < -0.4 is 21.1 Å². The van der Waals surface area contributed by atoms with E-state index in [1.54, 1.807) is 6.07 Å². The van der Waals surface area contributed by atoms with Gasteiger partial charge in [-0.25, -0.2) is 4.79 Å². The quantitative estimate of drug-likeness (QED) is 0.608. The molecule has 29 heavy (non-hydrogen) atoms. The summed E-state index contributed by atoms with van der Waals surface area (Å²) in [6.45, 7) is 6.03. The Labute approximate surface area is 169 Å². The zero-order chi connectivity index (χ0) is 20.4. The minimum Gasteiger partial charge on any atom is -0.370 e. The summed E-state index contributed by atoms with van der Waals surface area (Å²) in [4.78, 5) is 27.2. The molecule has 3 aromatic rings. The maximum absolute atomic E-state index is 12.6. The number of H-pyrrole nitrogens is 1. The molecule has 1 saturated heterocycles. The molecule has 4 rings (SSSR count). The molecule has 1 aliphatic heterocycles. The Morgan fingerprint density at radius 1 is 1.03 bits per heavy atom. The number of hydrogen-bond donors (Lipinski definition) is 3. The maximum atomic E-state index is 12.6. The molecular weight excluding hydrogens is 366 g/mol. The van der Waals surface area contributed by atoms with Gasteiger partial charge in [0.15, 0.2) is 0 Å². The van der Waals surface area contributed by atoms with Crippen molar-refractivity contribution in [2.24, 2.45) is 0 Å². The number of benzene rings is 2. The number of piperidine rings is 1. The van der Waals surface area contributed by atoms with E-state index in [1.807, 2.05) is 54.9 Å². The van der Waals surface area contributed by atoms with E-state index in [9.17, 15) is 9.59 Å². The van der Waals surface area contributed by atoms with E-state index in [4.69, 9.17) is 0 Å². The molecule has 7 heteroatoms. The molecule has 0 radical (unpaired) electrons. The molecule has 1 aliphatic rings. The highest BCUT2D eigenvalue weighted by molar-refractivity contribution is 6.02. The molecule has 0 aliphatic carbocycles. The van der Waals surface area contributed by atoms with Crippen LogP contribution in [0.4, 0.5) is 21.9 Å². The fourth-order valence-corrected chi connectivity index (χ4v) is 3.92. The summed E-state index contributed by atoms with van der Waals surface area (Å²) in [5.74, 6) is 0. The highest BCUT2D eigenvalue weighted by Crippen LogP contribution is 2.28. The molecule has 152 valence electrons. The number of fused-ring (bicyclic) bond motifs is 1. The third-order valence-electron chi connectivity index (χ3n) is 5.35. The number of carbonyl (C=O) groups is 1. The standard InChI is InChI=1S/C22H27N5O2/c1-15(2)27-19-11-10-16(14-17(19)21(28)25-27)23-22(29)24-18-8-4-5-9-20(18)26-12-6-3-7-13-26/h4-5,8-11,14-15H,3,6-7,12-13H2,1-2H3,(H,25,28)(H2,23,24,29). The molecule has 0 unspecified atom stereocenters. The number of nitrogens with zero attached hydrogens (tertiary/aromatic N) is 2. The van der Waals surface area contributed by atoms with Crippen molar-refractivity contribution < 1.29 is 4.79 Å². The Morgan fingerprint density at radius 3 is 2.55 bits per heavy atom. The van der Waals surface area contributed by atoms with Gasteiger partial charge in [0.05, 0.1) is 22.3 Å². The number of aromatic amines is 1. The van der Waals surface area contributed by atoms with Crippen LogP contribution in [0.15, 0.2) is 47.3 Å². The Kier molecular flexibility index (Phi) is 5.29. The number of rotatable bonds is 4. The van der Waals surface area contributed by atoms with Crippen molar-refractivity contribution in [2.75, 3.05) is 28.6 Å². The van der Waals surface area contributed by atoms with Crippen LogP contribution >= 0.6 is 0 Å². The predicted molar refractivity (Wildman–Crippen MR) is 118 cm³/mol. The van der Waals surface area contributed by atoms with E-state index in [1.165, 1.54) is 19.3 Å². The Morgan fingerprint density at radius 2 is 1.79 bits per heavy atom. The normalized spacial score (nSPS) is 14.4. The fraction of sp³-hybridized carbons (Fsp3) is 0.364. The van der Waals surface area contributed by atoms with Gasteiger partial charge in [0.2, 0.25) is 0 Å². The van der Waals surface area contributed by atoms with Gasteiger partial charge in [-0.1, -0.05) is 12.1 Å². The van der Waals surface area contributed by atoms with E-state index >= 15 is 0 Å².